The molecule has 0 spiro atoms. The van der Waals surface area contributed by atoms with E-state index in [0.717, 1.165) is 24.8 Å². The predicted octanol–water partition coefficient (Wildman–Crippen LogP) is 1.71. The van der Waals surface area contributed by atoms with E-state index in [9.17, 15) is 14.9 Å². The van der Waals surface area contributed by atoms with Crippen LogP contribution in [0.1, 0.15) is 18.4 Å². The van der Waals surface area contributed by atoms with Gasteiger partial charge < -0.3 is 10.2 Å². The lowest BCUT2D eigenvalue weighted by molar-refractivity contribution is -0.385. The molecule has 1 aliphatic rings. The highest BCUT2D eigenvalue weighted by Crippen LogP contribution is 2.20. The molecule has 126 valence electrons. The third kappa shape index (κ3) is 3.89. The van der Waals surface area contributed by atoms with Crippen molar-refractivity contribution >= 4 is 17.3 Å². The Morgan fingerprint density at radius 2 is 1.96 bits per heavy atom. The predicted molar refractivity (Wildman–Crippen MR) is 88.6 cm³/mol. The molecule has 0 saturated carbocycles. The van der Waals surface area contributed by atoms with E-state index >= 15 is 0 Å². The fraction of sp³-hybridized carbons (Fsp3) is 0.375. The van der Waals surface area contributed by atoms with Crippen molar-refractivity contribution in [2.45, 2.75) is 25.9 Å². The van der Waals surface area contributed by atoms with Gasteiger partial charge in [0.15, 0.2) is 0 Å². The van der Waals surface area contributed by atoms with Crippen molar-refractivity contribution in [3.63, 3.8) is 0 Å². The Labute approximate surface area is 139 Å². The van der Waals surface area contributed by atoms with Crippen molar-refractivity contribution in [3.05, 3.63) is 52.3 Å². The molecule has 1 amide bonds. The van der Waals surface area contributed by atoms with Gasteiger partial charge in [-0.05, 0) is 30.5 Å². The fourth-order valence-electron chi connectivity index (χ4n) is 2.74. The zero-order valence-electron chi connectivity index (χ0n) is 13.2. The van der Waals surface area contributed by atoms with Gasteiger partial charge in [-0.25, -0.2) is 0 Å². The van der Waals surface area contributed by atoms with Crippen LogP contribution in [0.3, 0.4) is 0 Å². The lowest BCUT2D eigenvalue weighted by Crippen LogP contribution is -2.27. The number of aromatic nitrogens is 2. The Morgan fingerprint density at radius 1 is 1.25 bits per heavy atom. The Kier molecular flexibility index (Phi) is 4.74. The van der Waals surface area contributed by atoms with Crippen molar-refractivity contribution < 1.29 is 9.72 Å². The summed E-state index contributed by atoms with van der Waals surface area (Å²) >= 11 is 0. The number of hydrogen-bond acceptors (Lipinski definition) is 5. The van der Waals surface area contributed by atoms with E-state index in [0.29, 0.717) is 6.54 Å². The summed E-state index contributed by atoms with van der Waals surface area (Å²) in [4.78, 5) is 24.3. The molecule has 2 aromatic rings. The van der Waals surface area contributed by atoms with Gasteiger partial charge in [0.25, 0.3) is 0 Å². The van der Waals surface area contributed by atoms with E-state index in [1.54, 1.807) is 0 Å². The molecule has 0 radical (unpaired) electrons. The molecule has 2 heterocycles. The maximum Gasteiger partial charge on any atom is 0.307 e. The summed E-state index contributed by atoms with van der Waals surface area (Å²) in [6.07, 6.45) is 4.85. The van der Waals surface area contributed by atoms with E-state index in [-0.39, 0.29) is 18.1 Å². The number of nitro groups is 1. The Bertz CT molecular complexity index is 720. The van der Waals surface area contributed by atoms with E-state index in [2.05, 4.69) is 27.4 Å². The summed E-state index contributed by atoms with van der Waals surface area (Å²) < 4.78 is 1.25. The molecule has 1 N–H and O–H groups in total. The Hall–Kier alpha value is -2.90. The number of hydrogen-bond donors (Lipinski definition) is 1. The minimum atomic E-state index is -0.538. The summed E-state index contributed by atoms with van der Waals surface area (Å²) in [7, 11) is 0. The van der Waals surface area contributed by atoms with E-state index in [1.807, 2.05) is 12.1 Å². The minimum absolute atomic E-state index is 0.0420. The van der Waals surface area contributed by atoms with Gasteiger partial charge in [-0.3, -0.25) is 19.6 Å². The van der Waals surface area contributed by atoms with Gasteiger partial charge in [-0.2, -0.15) is 5.10 Å². The fourth-order valence-corrected chi connectivity index (χ4v) is 2.74. The van der Waals surface area contributed by atoms with Crippen LogP contribution in [-0.4, -0.2) is 33.7 Å². The first-order valence-corrected chi connectivity index (χ1v) is 7.89. The van der Waals surface area contributed by atoms with Gasteiger partial charge in [-0.1, -0.05) is 12.1 Å². The van der Waals surface area contributed by atoms with E-state index in [1.165, 1.54) is 29.4 Å². The van der Waals surface area contributed by atoms with Gasteiger partial charge >= 0.3 is 5.69 Å². The zero-order chi connectivity index (χ0) is 16.9. The van der Waals surface area contributed by atoms with E-state index < -0.39 is 4.92 Å². The van der Waals surface area contributed by atoms with Gasteiger partial charge in [0, 0.05) is 25.3 Å². The molecule has 1 fully saturated rings. The number of nitrogens with zero attached hydrogens (tertiary/aromatic N) is 4. The Balaban J connectivity index is 1.49. The number of anilines is 1. The number of benzene rings is 1. The van der Waals surface area contributed by atoms with Crippen molar-refractivity contribution in [2.24, 2.45) is 0 Å². The topological polar surface area (TPSA) is 93.3 Å². The normalized spacial score (nSPS) is 13.9. The number of carbonyl (C=O) groups is 1. The number of amides is 1. The first-order valence-electron chi connectivity index (χ1n) is 7.89. The van der Waals surface area contributed by atoms with Crippen LogP contribution < -0.4 is 10.2 Å². The standard InChI is InChI=1S/C16H19N5O3/c22-16(12-20-11-15(10-18-20)21(23)24)17-9-13-3-5-14(6-4-13)19-7-1-2-8-19/h3-6,10-11H,1-2,7-9,12H2,(H,17,22). The highest BCUT2D eigenvalue weighted by atomic mass is 16.6. The quantitative estimate of drug-likeness (QED) is 0.643. The molecule has 8 nitrogen and oxygen atoms in total. The molecule has 0 atom stereocenters. The monoisotopic (exact) mass is 329 g/mol. The summed E-state index contributed by atoms with van der Waals surface area (Å²) in [5.41, 5.74) is 2.10. The molecule has 3 rings (SSSR count). The van der Waals surface area contributed by atoms with Crippen LogP contribution in [0.15, 0.2) is 36.7 Å². The molecule has 1 aliphatic heterocycles. The van der Waals surface area contributed by atoms with Crippen molar-refractivity contribution in [3.8, 4) is 0 Å². The lowest BCUT2D eigenvalue weighted by atomic mass is 10.2. The third-order valence-corrected chi connectivity index (χ3v) is 4.03. The molecular formula is C16H19N5O3. The molecule has 0 aliphatic carbocycles. The van der Waals surface area contributed by atoms with Gasteiger partial charge in [0.1, 0.15) is 18.9 Å². The molecule has 1 aromatic carbocycles. The zero-order valence-corrected chi connectivity index (χ0v) is 13.2. The highest BCUT2D eigenvalue weighted by molar-refractivity contribution is 5.75. The number of rotatable bonds is 6. The minimum Gasteiger partial charge on any atom is -0.372 e. The lowest BCUT2D eigenvalue weighted by Gasteiger charge is -2.17. The average Bonchev–Trinajstić information content (AvgIpc) is 3.25. The summed E-state index contributed by atoms with van der Waals surface area (Å²) in [6, 6.07) is 8.16. The second-order valence-electron chi connectivity index (χ2n) is 5.79. The van der Waals surface area contributed by atoms with Crippen LogP contribution in [-0.2, 0) is 17.9 Å². The van der Waals surface area contributed by atoms with Crippen molar-refractivity contribution in [2.75, 3.05) is 18.0 Å². The van der Waals surface area contributed by atoms with Gasteiger partial charge in [-0.15, -0.1) is 0 Å². The second kappa shape index (κ2) is 7.12. The average molecular weight is 329 g/mol. The second-order valence-corrected chi connectivity index (χ2v) is 5.79. The molecule has 1 aromatic heterocycles. The van der Waals surface area contributed by atoms with E-state index in [4.69, 9.17) is 0 Å². The van der Waals surface area contributed by atoms with Crippen LogP contribution in [0.25, 0.3) is 0 Å². The number of nitrogens with one attached hydrogen (secondary N) is 1. The van der Waals surface area contributed by atoms with Crippen LogP contribution in [0, 0.1) is 10.1 Å². The van der Waals surface area contributed by atoms with Crippen molar-refractivity contribution in [1.29, 1.82) is 0 Å². The highest BCUT2D eigenvalue weighted by Gasteiger charge is 2.13. The Morgan fingerprint density at radius 3 is 2.58 bits per heavy atom. The third-order valence-electron chi connectivity index (χ3n) is 4.03. The van der Waals surface area contributed by atoms with Crippen LogP contribution in [0.5, 0.6) is 0 Å². The molecular weight excluding hydrogens is 310 g/mol. The van der Waals surface area contributed by atoms with Gasteiger partial charge in [0.2, 0.25) is 5.91 Å². The smallest absolute Gasteiger partial charge is 0.307 e. The largest absolute Gasteiger partial charge is 0.372 e. The molecule has 24 heavy (non-hydrogen) atoms. The molecule has 8 heteroatoms. The molecule has 1 saturated heterocycles. The molecule has 0 unspecified atom stereocenters. The summed E-state index contributed by atoms with van der Waals surface area (Å²) in [5, 5.41) is 17.2. The maximum atomic E-state index is 11.9. The first kappa shape index (κ1) is 16.0. The van der Waals surface area contributed by atoms with Crippen molar-refractivity contribution in [1.82, 2.24) is 15.1 Å². The SMILES string of the molecule is O=C(Cn1cc([N+](=O)[O-])cn1)NCc1ccc(N2CCCC2)cc1. The first-order chi connectivity index (χ1) is 11.6. The van der Waals surface area contributed by atoms with Gasteiger partial charge in [0.05, 0.1) is 4.92 Å². The summed E-state index contributed by atoms with van der Waals surface area (Å²) in [5.74, 6) is -0.239. The maximum absolute atomic E-state index is 11.9. The van der Waals surface area contributed by atoms with Crippen LogP contribution in [0.2, 0.25) is 0 Å². The summed E-state index contributed by atoms with van der Waals surface area (Å²) in [6.45, 7) is 2.58. The number of carbonyl (C=O) groups excluding carboxylic acids is 1. The van der Waals surface area contributed by atoms with Crippen LogP contribution in [0.4, 0.5) is 11.4 Å². The molecule has 0 bridgehead atoms. The van der Waals surface area contributed by atoms with Crippen LogP contribution >= 0.6 is 0 Å².